The van der Waals surface area contributed by atoms with Crippen molar-refractivity contribution in [3.63, 3.8) is 0 Å². The Morgan fingerprint density at radius 2 is 0.679 bits per heavy atom. The summed E-state index contributed by atoms with van der Waals surface area (Å²) in [6.07, 6.45) is 0. The summed E-state index contributed by atoms with van der Waals surface area (Å²) in [6, 6.07) is 76.4. The lowest BCUT2D eigenvalue weighted by Gasteiger charge is -2.27. The number of hydrogen-bond acceptors (Lipinski definition) is 2. The Morgan fingerprint density at radius 3 is 1.15 bits per heavy atom. The molecule has 0 atom stereocenters. The van der Waals surface area contributed by atoms with E-state index in [1.807, 2.05) is 0 Å². The van der Waals surface area contributed by atoms with E-state index in [9.17, 15) is 0 Å². The molecular weight excluding hydrogens is 643 g/mol. The van der Waals surface area contributed by atoms with E-state index < -0.39 is 0 Å². The van der Waals surface area contributed by atoms with Crippen molar-refractivity contribution in [2.75, 3.05) is 9.80 Å². The van der Waals surface area contributed by atoms with Gasteiger partial charge in [-0.1, -0.05) is 127 Å². The molecule has 0 aliphatic carbocycles. The fourth-order valence-corrected chi connectivity index (χ4v) is 7.95. The zero-order valence-corrected chi connectivity index (χ0v) is 29.0. The molecule has 0 radical (unpaired) electrons. The maximum atomic E-state index is 2.40. The van der Waals surface area contributed by atoms with Crippen LogP contribution in [-0.4, -0.2) is 4.57 Å². The van der Waals surface area contributed by atoms with E-state index in [0.29, 0.717) is 0 Å². The molecule has 0 fully saturated rings. The van der Waals surface area contributed by atoms with E-state index >= 15 is 0 Å². The highest BCUT2D eigenvalue weighted by Gasteiger charge is 2.21. The monoisotopic (exact) mass is 677 g/mol. The number of rotatable bonds is 7. The van der Waals surface area contributed by atoms with Crippen LogP contribution in [0.1, 0.15) is 0 Å². The van der Waals surface area contributed by atoms with E-state index in [2.05, 4.69) is 227 Å². The van der Waals surface area contributed by atoms with Gasteiger partial charge in [0, 0.05) is 50.0 Å². The molecule has 3 nitrogen and oxygen atoms in total. The highest BCUT2D eigenvalue weighted by molar-refractivity contribution is 6.13. The van der Waals surface area contributed by atoms with Crippen molar-refractivity contribution in [2.24, 2.45) is 0 Å². The molecule has 0 amide bonds. The largest absolute Gasteiger partial charge is 0.310 e. The summed E-state index contributed by atoms with van der Waals surface area (Å²) in [5, 5.41) is 7.23. The molecule has 3 heteroatoms. The van der Waals surface area contributed by atoms with E-state index in [1.54, 1.807) is 0 Å². The summed E-state index contributed by atoms with van der Waals surface area (Å²) >= 11 is 0. The van der Waals surface area contributed by atoms with E-state index in [4.69, 9.17) is 0 Å². The summed E-state index contributed by atoms with van der Waals surface area (Å²) < 4.78 is 2.40. The molecule has 1 aromatic heterocycles. The molecule has 10 rings (SSSR count). The van der Waals surface area contributed by atoms with Crippen LogP contribution in [0.2, 0.25) is 0 Å². The van der Waals surface area contributed by atoms with Gasteiger partial charge >= 0.3 is 0 Å². The van der Waals surface area contributed by atoms with Gasteiger partial charge in [-0.25, -0.2) is 0 Å². The van der Waals surface area contributed by atoms with Gasteiger partial charge in [-0.05, 0) is 95.7 Å². The van der Waals surface area contributed by atoms with Crippen molar-refractivity contribution < 1.29 is 0 Å². The molecule has 0 saturated heterocycles. The highest BCUT2D eigenvalue weighted by Crippen LogP contribution is 2.44. The molecule has 0 bridgehead atoms. The van der Waals surface area contributed by atoms with Crippen LogP contribution >= 0.6 is 0 Å². The van der Waals surface area contributed by atoms with Crippen molar-refractivity contribution in [1.29, 1.82) is 0 Å². The zero-order valence-electron chi connectivity index (χ0n) is 29.0. The molecule has 1 heterocycles. The van der Waals surface area contributed by atoms with Gasteiger partial charge in [0.15, 0.2) is 0 Å². The second kappa shape index (κ2) is 12.9. The standard InChI is InChI=1S/C50H35N3/c1-4-20-38(21-5-1)51(47-28-14-18-36-16-10-12-26-43(36)47)41-30-32-49-45(34-41)46-35-42(31-33-50(46)53(49)40-24-8-3-9-25-40)52(39-22-6-2-7-23-39)48-29-15-19-37-17-11-13-27-44(37)48/h1-35H. The van der Waals surface area contributed by atoms with Crippen molar-refractivity contribution >= 4 is 77.5 Å². The zero-order chi connectivity index (χ0) is 35.1. The van der Waals surface area contributed by atoms with Crippen LogP contribution in [0.5, 0.6) is 0 Å². The van der Waals surface area contributed by atoms with Crippen LogP contribution < -0.4 is 9.80 Å². The molecule has 0 saturated carbocycles. The van der Waals surface area contributed by atoms with E-state index in [-0.39, 0.29) is 0 Å². The van der Waals surface area contributed by atoms with Crippen molar-refractivity contribution in [3.05, 3.63) is 212 Å². The SMILES string of the molecule is c1ccc(N(c2ccc3c(c2)c2cc(N(c4ccccc4)c4cccc5ccccc45)ccc2n3-c2ccccc2)c2cccc3ccccc23)cc1. The molecule has 0 unspecified atom stereocenters. The van der Waals surface area contributed by atoms with Gasteiger partial charge in [0.05, 0.1) is 22.4 Å². The van der Waals surface area contributed by atoms with Crippen LogP contribution in [0.4, 0.5) is 34.1 Å². The second-order valence-electron chi connectivity index (χ2n) is 13.4. The Morgan fingerprint density at radius 1 is 0.283 bits per heavy atom. The smallest absolute Gasteiger partial charge is 0.0542 e. The molecule has 10 aromatic rings. The molecule has 0 N–H and O–H groups in total. The maximum Gasteiger partial charge on any atom is 0.0542 e. The Balaban J connectivity index is 1.25. The maximum absolute atomic E-state index is 2.40. The average Bonchev–Trinajstić information content (AvgIpc) is 3.55. The first-order valence-corrected chi connectivity index (χ1v) is 18.1. The van der Waals surface area contributed by atoms with Gasteiger partial charge in [-0.3, -0.25) is 0 Å². The van der Waals surface area contributed by atoms with Crippen molar-refractivity contribution in [1.82, 2.24) is 4.57 Å². The predicted octanol–water partition coefficient (Wildman–Crippen LogP) is 14.0. The number of nitrogens with zero attached hydrogens (tertiary/aromatic N) is 3. The third kappa shape index (κ3) is 5.30. The van der Waals surface area contributed by atoms with Gasteiger partial charge in [0.25, 0.3) is 0 Å². The summed E-state index contributed by atoms with van der Waals surface area (Å²) in [5.41, 5.74) is 10.2. The van der Waals surface area contributed by atoms with Gasteiger partial charge in [0.2, 0.25) is 0 Å². The fourth-order valence-electron chi connectivity index (χ4n) is 7.95. The number of hydrogen-bond donors (Lipinski definition) is 0. The molecule has 9 aromatic carbocycles. The molecule has 0 aliphatic heterocycles. The Hall–Kier alpha value is -7.10. The number of benzene rings is 9. The minimum atomic E-state index is 1.10. The minimum absolute atomic E-state index is 1.10. The Kier molecular flexibility index (Phi) is 7.47. The number of fused-ring (bicyclic) bond motifs is 5. The molecule has 53 heavy (non-hydrogen) atoms. The van der Waals surface area contributed by atoms with Gasteiger partial charge in [-0.2, -0.15) is 0 Å². The fraction of sp³-hybridized carbons (Fsp3) is 0. The van der Waals surface area contributed by atoms with Crippen LogP contribution in [0.3, 0.4) is 0 Å². The molecule has 0 spiro atoms. The van der Waals surface area contributed by atoms with Crippen molar-refractivity contribution in [2.45, 2.75) is 0 Å². The molecular formula is C50H35N3. The average molecular weight is 678 g/mol. The predicted molar refractivity (Wildman–Crippen MR) is 225 cm³/mol. The number of para-hydroxylation sites is 3. The highest BCUT2D eigenvalue weighted by atomic mass is 15.2. The van der Waals surface area contributed by atoms with E-state index in [1.165, 1.54) is 32.3 Å². The molecule has 0 aliphatic rings. The van der Waals surface area contributed by atoms with Crippen LogP contribution in [0.25, 0.3) is 49.0 Å². The second-order valence-corrected chi connectivity index (χ2v) is 13.4. The lowest BCUT2D eigenvalue weighted by molar-refractivity contribution is 1.18. The van der Waals surface area contributed by atoms with Crippen molar-refractivity contribution in [3.8, 4) is 5.69 Å². The first-order valence-electron chi connectivity index (χ1n) is 18.1. The lowest BCUT2D eigenvalue weighted by Crippen LogP contribution is -2.10. The minimum Gasteiger partial charge on any atom is -0.310 e. The third-order valence-electron chi connectivity index (χ3n) is 10.3. The quantitative estimate of drug-likeness (QED) is 0.166. The summed E-state index contributed by atoms with van der Waals surface area (Å²) in [4.78, 5) is 4.79. The number of anilines is 6. The summed E-state index contributed by atoms with van der Waals surface area (Å²) in [6.45, 7) is 0. The third-order valence-corrected chi connectivity index (χ3v) is 10.3. The van der Waals surface area contributed by atoms with Crippen LogP contribution in [-0.2, 0) is 0 Å². The van der Waals surface area contributed by atoms with Gasteiger partial charge < -0.3 is 14.4 Å². The summed E-state index contributed by atoms with van der Waals surface area (Å²) in [5.74, 6) is 0. The van der Waals surface area contributed by atoms with Crippen LogP contribution in [0.15, 0.2) is 212 Å². The van der Waals surface area contributed by atoms with E-state index in [0.717, 1.165) is 50.8 Å². The molecule has 250 valence electrons. The lowest BCUT2D eigenvalue weighted by atomic mass is 10.0. The topological polar surface area (TPSA) is 11.4 Å². The number of aromatic nitrogens is 1. The Bertz CT molecular complexity index is 2700. The first kappa shape index (κ1) is 30.7. The van der Waals surface area contributed by atoms with Gasteiger partial charge in [0.1, 0.15) is 0 Å². The normalized spacial score (nSPS) is 11.4. The summed E-state index contributed by atoms with van der Waals surface area (Å²) in [7, 11) is 0. The van der Waals surface area contributed by atoms with Gasteiger partial charge in [-0.15, -0.1) is 0 Å². The first-order chi connectivity index (χ1) is 26.3. The van der Waals surface area contributed by atoms with Crippen LogP contribution in [0, 0.1) is 0 Å². The Labute approximate surface area is 308 Å².